The van der Waals surface area contributed by atoms with Crippen LogP contribution in [0.4, 0.5) is 0 Å². The van der Waals surface area contributed by atoms with E-state index in [-0.39, 0.29) is 28.5 Å². The molecule has 1 aliphatic rings. The summed E-state index contributed by atoms with van der Waals surface area (Å²) in [5.41, 5.74) is 3.97. The molecule has 1 aromatic heterocycles. The van der Waals surface area contributed by atoms with Gasteiger partial charge in [-0.15, -0.1) is 4.83 Å². The summed E-state index contributed by atoms with van der Waals surface area (Å²) in [6.07, 6.45) is 3.11. The van der Waals surface area contributed by atoms with Crippen molar-refractivity contribution in [2.75, 3.05) is 14.2 Å². The van der Waals surface area contributed by atoms with Crippen molar-refractivity contribution in [3.63, 3.8) is 0 Å². The number of hydrazone groups is 1. The van der Waals surface area contributed by atoms with Crippen molar-refractivity contribution in [1.82, 2.24) is 20.2 Å². The van der Waals surface area contributed by atoms with Crippen LogP contribution >= 0.6 is 11.6 Å². The van der Waals surface area contributed by atoms with Crippen LogP contribution < -0.4 is 19.7 Å². The highest BCUT2D eigenvalue weighted by atomic mass is 35.5. The normalized spacial score (nSPS) is 15.1. The fraction of sp³-hybridized carbons (Fsp3) is 0.200. The number of carbonyl (C=O) groups excluding carboxylic acids is 2. The molecule has 2 N–H and O–H groups in total. The van der Waals surface area contributed by atoms with Crippen LogP contribution in [-0.4, -0.2) is 50.2 Å². The number of nitrogens with zero attached hydrogens (tertiary/aromatic N) is 3. The Labute approximate surface area is 224 Å². The zero-order chi connectivity index (χ0) is 27.4. The van der Waals surface area contributed by atoms with Gasteiger partial charge in [-0.3, -0.25) is 20.0 Å². The van der Waals surface area contributed by atoms with Gasteiger partial charge in [-0.05, 0) is 35.9 Å². The van der Waals surface area contributed by atoms with E-state index in [1.807, 2.05) is 0 Å². The highest BCUT2D eigenvalue weighted by Gasteiger charge is 2.34. The Hall–Kier alpha value is -4.00. The first-order chi connectivity index (χ1) is 18.1. The molecular weight excluding hydrogens is 534 g/mol. The van der Waals surface area contributed by atoms with Crippen molar-refractivity contribution in [3.8, 4) is 11.5 Å². The number of amides is 2. The molecule has 0 radical (unpaired) electrons. The van der Waals surface area contributed by atoms with Crippen LogP contribution in [-0.2, 0) is 14.8 Å². The first kappa shape index (κ1) is 27.0. The molecule has 38 heavy (non-hydrogen) atoms. The molecule has 3 aromatic rings. The van der Waals surface area contributed by atoms with Crippen LogP contribution in [0.15, 0.2) is 70.9 Å². The molecule has 1 unspecified atom stereocenters. The Morgan fingerprint density at radius 3 is 2.29 bits per heavy atom. The Morgan fingerprint density at radius 2 is 1.68 bits per heavy atom. The van der Waals surface area contributed by atoms with Gasteiger partial charge in [0.1, 0.15) is 16.4 Å². The lowest BCUT2D eigenvalue weighted by Gasteiger charge is -2.20. The van der Waals surface area contributed by atoms with E-state index >= 15 is 0 Å². The van der Waals surface area contributed by atoms with Crippen LogP contribution in [0, 0.1) is 0 Å². The molecule has 1 aliphatic heterocycles. The summed E-state index contributed by atoms with van der Waals surface area (Å²) in [5.74, 6) is -0.694. The number of rotatable bonds is 8. The fourth-order valence-corrected chi connectivity index (χ4v) is 5.10. The van der Waals surface area contributed by atoms with E-state index in [1.165, 1.54) is 62.8 Å². The molecular formula is C25H24ClN5O6S. The Morgan fingerprint density at radius 1 is 1.03 bits per heavy atom. The number of hydrogen-bond acceptors (Lipinski definition) is 8. The van der Waals surface area contributed by atoms with Crippen molar-refractivity contribution in [3.05, 3.63) is 82.6 Å². The molecule has 0 spiro atoms. The molecule has 1 atom stereocenters. The second-order valence-electron chi connectivity index (χ2n) is 8.18. The van der Waals surface area contributed by atoms with Gasteiger partial charge in [0.25, 0.3) is 15.9 Å². The molecule has 0 saturated heterocycles. The summed E-state index contributed by atoms with van der Waals surface area (Å²) >= 11 is 6.02. The number of aromatic nitrogens is 1. The molecule has 198 valence electrons. The van der Waals surface area contributed by atoms with Gasteiger partial charge in [0.15, 0.2) is 0 Å². The second kappa shape index (κ2) is 11.2. The minimum absolute atomic E-state index is 0.0208. The number of hydrogen-bond donors (Lipinski definition) is 2. The second-order valence-corrected chi connectivity index (χ2v) is 10.3. The maximum Gasteiger partial charge on any atom is 0.266 e. The zero-order valence-electron chi connectivity index (χ0n) is 20.6. The van der Waals surface area contributed by atoms with Crippen molar-refractivity contribution in [2.45, 2.75) is 24.3 Å². The predicted octanol–water partition coefficient (Wildman–Crippen LogP) is 3.07. The lowest BCUT2D eigenvalue weighted by molar-refractivity contribution is -0.130. The zero-order valence-corrected chi connectivity index (χ0v) is 22.2. The maximum atomic E-state index is 13.2. The molecule has 11 nitrogen and oxygen atoms in total. The van der Waals surface area contributed by atoms with E-state index < -0.39 is 22.0 Å². The first-order valence-electron chi connectivity index (χ1n) is 11.3. The third-order valence-electron chi connectivity index (χ3n) is 5.82. The monoisotopic (exact) mass is 557 g/mol. The number of benzene rings is 2. The predicted molar refractivity (Wildman–Crippen MR) is 139 cm³/mol. The SMILES string of the molecule is COc1cc(OC)c(S(=O)(=O)NNC(=O)c2ccncc2)cc1C1=NN(C(C)=O)C(c2ccc(Cl)cc2)C1. The van der Waals surface area contributed by atoms with E-state index in [4.69, 9.17) is 21.1 Å². The molecule has 4 rings (SSSR count). The minimum Gasteiger partial charge on any atom is -0.496 e. The Bertz CT molecular complexity index is 1500. The third kappa shape index (κ3) is 5.62. The quantitative estimate of drug-likeness (QED) is 0.406. The summed E-state index contributed by atoms with van der Waals surface area (Å²) in [7, 11) is -1.58. The van der Waals surface area contributed by atoms with E-state index in [0.29, 0.717) is 22.0 Å². The highest BCUT2D eigenvalue weighted by molar-refractivity contribution is 7.89. The van der Waals surface area contributed by atoms with Crippen LogP contribution in [0.3, 0.4) is 0 Å². The highest BCUT2D eigenvalue weighted by Crippen LogP contribution is 2.38. The van der Waals surface area contributed by atoms with Crippen molar-refractivity contribution >= 4 is 39.2 Å². The fourth-order valence-electron chi connectivity index (χ4n) is 3.96. The van der Waals surface area contributed by atoms with Crippen molar-refractivity contribution in [1.29, 1.82) is 0 Å². The molecule has 0 bridgehead atoms. The topological polar surface area (TPSA) is 139 Å². The number of sulfonamides is 1. The third-order valence-corrected chi connectivity index (χ3v) is 7.34. The van der Waals surface area contributed by atoms with Crippen LogP contribution in [0.25, 0.3) is 0 Å². The average molecular weight is 558 g/mol. The number of pyridine rings is 1. The minimum atomic E-state index is -4.31. The average Bonchev–Trinajstić information content (AvgIpc) is 3.37. The molecule has 2 heterocycles. The lowest BCUT2D eigenvalue weighted by Crippen LogP contribution is -2.41. The summed E-state index contributed by atoms with van der Waals surface area (Å²) < 4.78 is 37.3. The number of carbonyl (C=O) groups is 2. The van der Waals surface area contributed by atoms with Crippen LogP contribution in [0.2, 0.25) is 5.02 Å². The van der Waals surface area contributed by atoms with Crippen LogP contribution in [0.5, 0.6) is 11.5 Å². The summed E-state index contributed by atoms with van der Waals surface area (Å²) in [5, 5.41) is 6.39. The summed E-state index contributed by atoms with van der Waals surface area (Å²) in [6, 6.07) is 12.2. The smallest absolute Gasteiger partial charge is 0.266 e. The largest absolute Gasteiger partial charge is 0.496 e. The number of methoxy groups -OCH3 is 2. The van der Waals surface area contributed by atoms with Gasteiger partial charge in [0.2, 0.25) is 5.91 Å². The van der Waals surface area contributed by atoms with Gasteiger partial charge in [-0.25, -0.2) is 13.4 Å². The van der Waals surface area contributed by atoms with Gasteiger partial charge < -0.3 is 9.47 Å². The van der Waals surface area contributed by atoms with Crippen LogP contribution in [0.1, 0.15) is 40.9 Å². The molecule has 0 aliphatic carbocycles. The van der Waals surface area contributed by atoms with Gasteiger partial charge in [-0.2, -0.15) is 5.10 Å². The Balaban J connectivity index is 1.69. The van der Waals surface area contributed by atoms with E-state index in [0.717, 1.165) is 5.56 Å². The Kier molecular flexibility index (Phi) is 7.95. The van der Waals surface area contributed by atoms with Gasteiger partial charge in [-0.1, -0.05) is 23.7 Å². The van der Waals surface area contributed by atoms with Crippen molar-refractivity contribution < 1.29 is 27.5 Å². The number of ether oxygens (including phenoxy) is 2. The number of hydrazine groups is 1. The summed E-state index contributed by atoms with van der Waals surface area (Å²) in [4.78, 5) is 30.4. The number of nitrogens with one attached hydrogen (secondary N) is 2. The molecule has 2 aromatic carbocycles. The molecule has 0 fully saturated rings. The first-order valence-corrected chi connectivity index (χ1v) is 13.1. The van der Waals surface area contributed by atoms with Gasteiger partial charge in [0, 0.05) is 48.0 Å². The molecule has 13 heteroatoms. The van der Waals surface area contributed by atoms with Gasteiger partial charge >= 0.3 is 0 Å². The lowest BCUT2D eigenvalue weighted by atomic mass is 9.98. The molecule has 0 saturated carbocycles. The summed E-state index contributed by atoms with van der Waals surface area (Å²) in [6.45, 7) is 1.39. The van der Waals surface area contributed by atoms with Gasteiger partial charge in [0.05, 0.1) is 26.0 Å². The molecule has 2 amide bonds. The standard InChI is InChI=1S/C25H24ClN5O6S/c1-15(32)31-21(16-4-6-18(26)7-5-16)13-20(29-31)19-12-24(23(37-3)14-22(19)36-2)38(34,35)30-28-25(33)17-8-10-27-11-9-17/h4-12,14,21,30H,13H2,1-3H3,(H,28,33). The van der Waals surface area contributed by atoms with Crippen molar-refractivity contribution in [2.24, 2.45) is 5.10 Å². The maximum absolute atomic E-state index is 13.2. The van der Waals surface area contributed by atoms with E-state index in [9.17, 15) is 18.0 Å². The van der Waals surface area contributed by atoms with E-state index in [2.05, 4.69) is 20.3 Å². The number of halogens is 1. The van der Waals surface area contributed by atoms with E-state index in [1.54, 1.807) is 24.3 Å².